The lowest BCUT2D eigenvalue weighted by Crippen LogP contribution is -2.26. The lowest BCUT2D eigenvalue weighted by atomic mass is 10.2. The molecule has 0 saturated carbocycles. The Bertz CT molecular complexity index is 633. The summed E-state index contributed by atoms with van der Waals surface area (Å²) in [6, 6.07) is 4.07. The molecule has 3 heterocycles. The third kappa shape index (κ3) is 4.81. The van der Waals surface area contributed by atoms with Gasteiger partial charge in [-0.15, -0.1) is 0 Å². The van der Waals surface area contributed by atoms with Crippen LogP contribution in [-0.2, 0) is 17.9 Å². The average Bonchev–Trinajstić information content (AvgIpc) is 2.98. The summed E-state index contributed by atoms with van der Waals surface area (Å²) in [7, 11) is 0. The number of aryl methyl sites for hydroxylation is 1. The van der Waals surface area contributed by atoms with Gasteiger partial charge in [-0.1, -0.05) is 12.8 Å². The van der Waals surface area contributed by atoms with E-state index in [0.717, 1.165) is 24.5 Å². The van der Waals surface area contributed by atoms with E-state index in [4.69, 9.17) is 0 Å². The van der Waals surface area contributed by atoms with E-state index in [0.29, 0.717) is 19.5 Å². The minimum Gasteiger partial charge on any atom is -0.357 e. The first-order valence-corrected chi connectivity index (χ1v) is 8.73. The number of amides is 1. The highest BCUT2D eigenvalue weighted by molar-refractivity contribution is 5.75. The summed E-state index contributed by atoms with van der Waals surface area (Å²) in [5.74, 6) is 1.08. The largest absolute Gasteiger partial charge is 0.357 e. The van der Waals surface area contributed by atoms with E-state index in [1.807, 2.05) is 23.0 Å². The van der Waals surface area contributed by atoms with Crippen LogP contribution in [0.3, 0.4) is 0 Å². The molecule has 0 aromatic carbocycles. The van der Waals surface area contributed by atoms with Gasteiger partial charge in [0.05, 0.1) is 6.33 Å². The molecule has 1 aliphatic rings. The van der Waals surface area contributed by atoms with Crippen molar-refractivity contribution in [3.8, 4) is 0 Å². The summed E-state index contributed by atoms with van der Waals surface area (Å²) in [6.45, 7) is 3.36. The average molecular weight is 327 g/mol. The van der Waals surface area contributed by atoms with Crippen LogP contribution in [0.4, 0.5) is 5.82 Å². The number of nitrogens with zero attached hydrogens (tertiary/aromatic N) is 4. The van der Waals surface area contributed by atoms with E-state index in [1.54, 1.807) is 12.5 Å². The predicted octanol–water partition coefficient (Wildman–Crippen LogP) is 2.37. The lowest BCUT2D eigenvalue weighted by molar-refractivity contribution is -0.121. The van der Waals surface area contributed by atoms with Gasteiger partial charge in [-0.2, -0.15) is 0 Å². The van der Waals surface area contributed by atoms with Crippen LogP contribution in [0.2, 0.25) is 0 Å². The van der Waals surface area contributed by atoms with Crippen molar-refractivity contribution >= 4 is 11.7 Å². The number of hydrogen-bond acceptors (Lipinski definition) is 4. The van der Waals surface area contributed by atoms with Gasteiger partial charge >= 0.3 is 0 Å². The first-order chi connectivity index (χ1) is 11.8. The van der Waals surface area contributed by atoms with E-state index in [-0.39, 0.29) is 5.91 Å². The maximum atomic E-state index is 12.0. The molecule has 6 heteroatoms. The minimum atomic E-state index is 0.0526. The first-order valence-electron chi connectivity index (χ1n) is 8.73. The summed E-state index contributed by atoms with van der Waals surface area (Å²) in [6.07, 6.45) is 12.7. The second-order valence-corrected chi connectivity index (χ2v) is 6.25. The Kier molecular flexibility index (Phi) is 5.82. The Morgan fingerprint density at radius 3 is 2.75 bits per heavy atom. The maximum absolute atomic E-state index is 12.0. The minimum absolute atomic E-state index is 0.0526. The van der Waals surface area contributed by atoms with E-state index >= 15 is 0 Å². The zero-order valence-corrected chi connectivity index (χ0v) is 14.0. The fourth-order valence-electron chi connectivity index (χ4n) is 2.98. The first kappa shape index (κ1) is 16.5. The van der Waals surface area contributed by atoms with Crippen LogP contribution < -0.4 is 10.2 Å². The fourth-order valence-corrected chi connectivity index (χ4v) is 2.98. The Labute approximate surface area is 142 Å². The van der Waals surface area contributed by atoms with Gasteiger partial charge < -0.3 is 14.8 Å². The van der Waals surface area contributed by atoms with E-state index in [1.165, 1.54) is 25.7 Å². The molecule has 6 nitrogen and oxygen atoms in total. The predicted molar refractivity (Wildman–Crippen MR) is 93.6 cm³/mol. The Balaban J connectivity index is 1.49. The molecule has 1 saturated heterocycles. The van der Waals surface area contributed by atoms with Crippen LogP contribution in [-0.4, -0.2) is 33.5 Å². The van der Waals surface area contributed by atoms with Crippen molar-refractivity contribution in [1.82, 2.24) is 19.9 Å². The number of imidazole rings is 1. The Hall–Kier alpha value is -2.37. The number of anilines is 1. The van der Waals surface area contributed by atoms with Crippen LogP contribution in [0.1, 0.15) is 37.7 Å². The van der Waals surface area contributed by atoms with Crippen molar-refractivity contribution in [1.29, 1.82) is 0 Å². The fraction of sp³-hybridized carbons (Fsp3) is 0.500. The zero-order chi connectivity index (χ0) is 16.6. The van der Waals surface area contributed by atoms with Gasteiger partial charge in [0, 0.05) is 51.2 Å². The van der Waals surface area contributed by atoms with Crippen LogP contribution in [0.15, 0.2) is 37.1 Å². The quantitative estimate of drug-likeness (QED) is 0.885. The van der Waals surface area contributed by atoms with Crippen molar-refractivity contribution in [3.63, 3.8) is 0 Å². The molecular weight excluding hydrogens is 302 g/mol. The lowest BCUT2D eigenvalue weighted by Gasteiger charge is -2.21. The molecule has 1 amide bonds. The molecule has 0 aliphatic carbocycles. The van der Waals surface area contributed by atoms with Crippen LogP contribution >= 0.6 is 0 Å². The molecule has 0 unspecified atom stereocenters. The number of rotatable bonds is 6. The summed E-state index contributed by atoms with van der Waals surface area (Å²) in [4.78, 5) is 22.8. The van der Waals surface area contributed by atoms with Crippen LogP contribution in [0, 0.1) is 0 Å². The molecule has 2 aromatic rings. The molecule has 0 bridgehead atoms. The summed E-state index contributed by atoms with van der Waals surface area (Å²) < 4.78 is 1.91. The Morgan fingerprint density at radius 2 is 2.00 bits per heavy atom. The third-order valence-electron chi connectivity index (χ3n) is 4.39. The number of nitrogens with one attached hydrogen (secondary N) is 1. The van der Waals surface area contributed by atoms with Gasteiger partial charge in [0.1, 0.15) is 5.82 Å². The zero-order valence-electron chi connectivity index (χ0n) is 14.0. The van der Waals surface area contributed by atoms with Gasteiger partial charge in [0.15, 0.2) is 0 Å². The monoisotopic (exact) mass is 327 g/mol. The SMILES string of the molecule is O=C(CCn1ccnc1)NCc1ccnc(N2CCCCCC2)c1. The highest BCUT2D eigenvalue weighted by Gasteiger charge is 2.11. The molecule has 24 heavy (non-hydrogen) atoms. The second-order valence-electron chi connectivity index (χ2n) is 6.25. The van der Waals surface area contributed by atoms with Crippen molar-refractivity contribution < 1.29 is 4.79 Å². The Morgan fingerprint density at radius 1 is 1.17 bits per heavy atom. The van der Waals surface area contributed by atoms with Gasteiger partial charge in [-0.25, -0.2) is 9.97 Å². The van der Waals surface area contributed by atoms with E-state index in [9.17, 15) is 4.79 Å². The van der Waals surface area contributed by atoms with Gasteiger partial charge in [-0.05, 0) is 30.5 Å². The van der Waals surface area contributed by atoms with Crippen molar-refractivity contribution in [3.05, 3.63) is 42.6 Å². The molecule has 0 radical (unpaired) electrons. The third-order valence-corrected chi connectivity index (χ3v) is 4.39. The topological polar surface area (TPSA) is 63.1 Å². The summed E-state index contributed by atoms with van der Waals surface area (Å²) >= 11 is 0. The van der Waals surface area contributed by atoms with Crippen LogP contribution in [0.5, 0.6) is 0 Å². The maximum Gasteiger partial charge on any atom is 0.222 e. The molecule has 0 spiro atoms. The van der Waals surface area contributed by atoms with Gasteiger partial charge in [-0.3, -0.25) is 4.79 Å². The highest BCUT2D eigenvalue weighted by atomic mass is 16.1. The smallest absolute Gasteiger partial charge is 0.222 e. The number of carbonyl (C=O) groups excluding carboxylic acids is 1. The van der Waals surface area contributed by atoms with Crippen molar-refractivity contribution in [2.45, 2.75) is 45.2 Å². The summed E-state index contributed by atoms with van der Waals surface area (Å²) in [5.41, 5.74) is 1.10. The number of hydrogen-bond donors (Lipinski definition) is 1. The van der Waals surface area contributed by atoms with Gasteiger partial charge in [0.2, 0.25) is 5.91 Å². The molecule has 128 valence electrons. The van der Waals surface area contributed by atoms with Crippen molar-refractivity contribution in [2.75, 3.05) is 18.0 Å². The number of aromatic nitrogens is 3. The van der Waals surface area contributed by atoms with Crippen LogP contribution in [0.25, 0.3) is 0 Å². The molecule has 1 fully saturated rings. The second kappa shape index (κ2) is 8.47. The molecule has 3 rings (SSSR count). The van der Waals surface area contributed by atoms with Crippen molar-refractivity contribution in [2.24, 2.45) is 0 Å². The summed E-state index contributed by atoms with van der Waals surface area (Å²) in [5, 5.41) is 2.98. The molecule has 0 atom stereocenters. The molecular formula is C18H25N5O. The van der Waals surface area contributed by atoms with Gasteiger partial charge in [0.25, 0.3) is 0 Å². The van der Waals surface area contributed by atoms with E-state index < -0.39 is 0 Å². The van der Waals surface area contributed by atoms with E-state index in [2.05, 4.69) is 26.3 Å². The molecule has 2 aromatic heterocycles. The number of carbonyl (C=O) groups is 1. The standard InChI is InChI=1S/C18H25N5O/c24-18(6-11-22-12-8-19-15-22)21-14-16-5-7-20-17(13-16)23-9-3-1-2-4-10-23/h5,7-8,12-13,15H,1-4,6,9-11,14H2,(H,21,24). The normalized spacial score (nSPS) is 15.1. The number of pyridine rings is 1. The molecule has 1 N–H and O–H groups in total. The highest BCUT2D eigenvalue weighted by Crippen LogP contribution is 2.18. The molecule has 1 aliphatic heterocycles.